The van der Waals surface area contributed by atoms with E-state index in [0.717, 1.165) is 12.1 Å². The van der Waals surface area contributed by atoms with Crippen molar-refractivity contribution in [3.05, 3.63) is 45.4 Å². The van der Waals surface area contributed by atoms with Crippen molar-refractivity contribution in [3.8, 4) is 17.1 Å². The molecule has 1 heterocycles. The highest BCUT2D eigenvalue weighted by atomic mass is 16.5. The molecule has 0 atom stereocenters. The monoisotopic (exact) mass is 385 g/mol. The summed E-state index contributed by atoms with van der Waals surface area (Å²) in [6.07, 6.45) is 2.14. The lowest BCUT2D eigenvalue weighted by Crippen LogP contribution is -2.40. The Labute approximate surface area is 166 Å². The summed E-state index contributed by atoms with van der Waals surface area (Å²) in [7, 11) is 0. The quantitative estimate of drug-likeness (QED) is 0.757. The van der Waals surface area contributed by atoms with Crippen LogP contribution in [0.15, 0.2) is 23.0 Å². The molecule has 1 aromatic heterocycles. The van der Waals surface area contributed by atoms with E-state index in [-0.39, 0.29) is 17.0 Å². The van der Waals surface area contributed by atoms with E-state index in [1.165, 1.54) is 0 Å². The second kappa shape index (κ2) is 9.04. The van der Waals surface area contributed by atoms with Crippen LogP contribution in [0.1, 0.15) is 69.6 Å². The molecule has 0 radical (unpaired) electrons. The summed E-state index contributed by atoms with van der Waals surface area (Å²) in [5.41, 5.74) is 2.09. The van der Waals surface area contributed by atoms with E-state index >= 15 is 0 Å². The van der Waals surface area contributed by atoms with E-state index in [9.17, 15) is 9.59 Å². The number of carbonyl (C=O) groups excluding carboxylic acids is 1. The summed E-state index contributed by atoms with van der Waals surface area (Å²) in [5.74, 6) is 0.846. The van der Waals surface area contributed by atoms with Crippen molar-refractivity contribution in [1.82, 2.24) is 15.3 Å². The van der Waals surface area contributed by atoms with Crippen LogP contribution in [0.5, 0.6) is 5.75 Å². The molecule has 6 heteroatoms. The minimum atomic E-state index is -0.348. The Bertz CT molecular complexity index is 895. The molecule has 0 aliphatic rings. The first kappa shape index (κ1) is 21.7. The topological polar surface area (TPSA) is 84.1 Å². The van der Waals surface area contributed by atoms with Crippen LogP contribution >= 0.6 is 0 Å². The zero-order valence-electron chi connectivity index (χ0n) is 17.7. The van der Waals surface area contributed by atoms with Crippen LogP contribution in [0.3, 0.4) is 0 Å². The van der Waals surface area contributed by atoms with Crippen LogP contribution in [0.4, 0.5) is 0 Å². The molecule has 28 heavy (non-hydrogen) atoms. The van der Waals surface area contributed by atoms with Crippen molar-refractivity contribution < 1.29 is 9.53 Å². The second-order valence-electron chi connectivity index (χ2n) is 7.81. The number of nitrogens with one attached hydrogen (secondary N) is 2. The predicted molar refractivity (Wildman–Crippen MR) is 112 cm³/mol. The van der Waals surface area contributed by atoms with Gasteiger partial charge >= 0.3 is 0 Å². The first-order valence-electron chi connectivity index (χ1n) is 9.91. The lowest BCUT2D eigenvalue weighted by atomic mass is 10.0. The molecule has 0 saturated heterocycles. The van der Waals surface area contributed by atoms with Gasteiger partial charge in [-0.3, -0.25) is 9.59 Å². The summed E-state index contributed by atoms with van der Waals surface area (Å²) in [5, 5.41) is 2.96. The molecule has 1 aromatic carbocycles. The molecule has 0 aliphatic heterocycles. The van der Waals surface area contributed by atoms with Gasteiger partial charge in [0, 0.05) is 16.7 Å². The fraction of sp³-hybridized carbons (Fsp3) is 0.500. The molecular formula is C22H31N3O3. The molecule has 0 aliphatic carbocycles. The summed E-state index contributed by atoms with van der Waals surface area (Å²) in [6, 6.07) is 5.23. The van der Waals surface area contributed by atoms with Gasteiger partial charge in [-0.25, -0.2) is 4.98 Å². The van der Waals surface area contributed by atoms with E-state index in [1.807, 2.05) is 41.5 Å². The molecule has 1 amide bonds. The third-order valence-electron chi connectivity index (χ3n) is 4.24. The number of hydrogen-bond acceptors (Lipinski definition) is 4. The number of aryl methyl sites for hydroxylation is 1. The molecular weight excluding hydrogens is 354 g/mol. The van der Waals surface area contributed by atoms with Gasteiger partial charge < -0.3 is 15.0 Å². The molecule has 6 nitrogen and oxygen atoms in total. The van der Waals surface area contributed by atoms with Crippen molar-refractivity contribution >= 4 is 5.91 Å². The van der Waals surface area contributed by atoms with Crippen LogP contribution in [-0.2, 0) is 12.8 Å². The highest BCUT2D eigenvalue weighted by Crippen LogP contribution is 2.29. The number of carbonyl (C=O) groups is 1. The maximum absolute atomic E-state index is 12.6. The van der Waals surface area contributed by atoms with Crippen LogP contribution in [-0.4, -0.2) is 28.0 Å². The van der Waals surface area contributed by atoms with Crippen LogP contribution in [0.25, 0.3) is 11.4 Å². The maximum Gasteiger partial charge on any atom is 0.254 e. The Morgan fingerprint density at radius 2 is 1.89 bits per heavy atom. The predicted octanol–water partition coefficient (Wildman–Crippen LogP) is 3.88. The molecule has 2 rings (SSSR count). The number of amides is 1. The Balaban J connectivity index is 2.59. The minimum Gasteiger partial charge on any atom is -0.493 e. The molecule has 0 unspecified atom stereocenters. The number of H-pyrrole nitrogens is 1. The van der Waals surface area contributed by atoms with E-state index in [2.05, 4.69) is 15.3 Å². The third kappa shape index (κ3) is 5.21. The number of aromatic nitrogens is 2. The van der Waals surface area contributed by atoms with Gasteiger partial charge in [-0.15, -0.1) is 0 Å². The van der Waals surface area contributed by atoms with Crippen molar-refractivity contribution in [2.45, 2.75) is 66.3 Å². The number of hydrogen-bond donors (Lipinski definition) is 2. The van der Waals surface area contributed by atoms with Gasteiger partial charge in [0.1, 0.15) is 11.6 Å². The highest BCUT2D eigenvalue weighted by molar-refractivity contribution is 5.96. The average molecular weight is 386 g/mol. The first-order valence-corrected chi connectivity index (χ1v) is 9.91. The lowest BCUT2D eigenvalue weighted by Gasteiger charge is -2.21. The minimum absolute atomic E-state index is 0.143. The van der Waals surface area contributed by atoms with Gasteiger partial charge in [0.25, 0.3) is 11.5 Å². The SMILES string of the molecule is CCCOc1ccc(C(=O)NC(C)(C)C)cc1-c1nc(CC)c(CC)c(=O)[nH]1. The van der Waals surface area contributed by atoms with E-state index in [4.69, 9.17) is 4.74 Å². The third-order valence-corrected chi connectivity index (χ3v) is 4.24. The van der Waals surface area contributed by atoms with Crippen LogP contribution < -0.4 is 15.6 Å². The van der Waals surface area contributed by atoms with E-state index < -0.39 is 0 Å². The lowest BCUT2D eigenvalue weighted by molar-refractivity contribution is 0.0919. The Kier molecular flexibility index (Phi) is 7.00. The number of ether oxygens (including phenoxy) is 1. The summed E-state index contributed by atoms with van der Waals surface area (Å²) in [6.45, 7) is 12.3. The normalized spacial score (nSPS) is 11.4. The standard InChI is InChI=1S/C22H31N3O3/c1-7-12-28-18-11-10-14(20(26)25-22(4,5)6)13-16(18)19-23-17(9-3)15(8-2)21(27)24-19/h10-11,13H,7-9,12H2,1-6H3,(H,25,26)(H,23,24,27). The van der Waals surface area contributed by atoms with Gasteiger partial charge in [-0.05, 0) is 58.2 Å². The number of benzene rings is 1. The first-order chi connectivity index (χ1) is 13.2. The molecule has 0 spiro atoms. The molecule has 152 valence electrons. The van der Waals surface area contributed by atoms with Crippen LogP contribution in [0, 0.1) is 0 Å². The maximum atomic E-state index is 12.6. The number of nitrogens with zero attached hydrogens (tertiary/aromatic N) is 1. The largest absolute Gasteiger partial charge is 0.493 e. The molecule has 0 bridgehead atoms. The smallest absolute Gasteiger partial charge is 0.254 e. The summed E-state index contributed by atoms with van der Waals surface area (Å²) in [4.78, 5) is 32.7. The van der Waals surface area contributed by atoms with Gasteiger partial charge in [0.05, 0.1) is 17.9 Å². The van der Waals surface area contributed by atoms with E-state index in [1.54, 1.807) is 18.2 Å². The van der Waals surface area contributed by atoms with Gasteiger partial charge in [0.2, 0.25) is 0 Å². The van der Waals surface area contributed by atoms with Crippen molar-refractivity contribution in [3.63, 3.8) is 0 Å². The van der Waals surface area contributed by atoms with Gasteiger partial charge in [-0.1, -0.05) is 20.8 Å². The zero-order valence-corrected chi connectivity index (χ0v) is 17.7. The molecule has 0 saturated carbocycles. The second-order valence-corrected chi connectivity index (χ2v) is 7.81. The number of rotatable bonds is 7. The van der Waals surface area contributed by atoms with Crippen molar-refractivity contribution in [2.75, 3.05) is 6.61 Å². The molecule has 0 fully saturated rings. The Morgan fingerprint density at radius 1 is 1.18 bits per heavy atom. The van der Waals surface area contributed by atoms with E-state index in [0.29, 0.717) is 47.7 Å². The Morgan fingerprint density at radius 3 is 2.46 bits per heavy atom. The fourth-order valence-electron chi connectivity index (χ4n) is 2.94. The van der Waals surface area contributed by atoms with Gasteiger partial charge in [-0.2, -0.15) is 0 Å². The Hall–Kier alpha value is -2.63. The highest BCUT2D eigenvalue weighted by Gasteiger charge is 2.19. The summed E-state index contributed by atoms with van der Waals surface area (Å²) >= 11 is 0. The average Bonchev–Trinajstić information content (AvgIpc) is 2.64. The van der Waals surface area contributed by atoms with Crippen LogP contribution in [0.2, 0.25) is 0 Å². The van der Waals surface area contributed by atoms with Gasteiger partial charge in [0.15, 0.2) is 0 Å². The number of aromatic amines is 1. The fourth-order valence-corrected chi connectivity index (χ4v) is 2.94. The zero-order chi connectivity index (χ0) is 20.9. The molecule has 2 aromatic rings. The van der Waals surface area contributed by atoms with Crippen molar-refractivity contribution in [1.29, 1.82) is 0 Å². The van der Waals surface area contributed by atoms with Crippen molar-refractivity contribution in [2.24, 2.45) is 0 Å². The molecule has 2 N–H and O–H groups in total. The summed E-state index contributed by atoms with van der Waals surface area (Å²) < 4.78 is 5.85.